The number of hydrogen-bond acceptors (Lipinski definition) is 2. The predicted octanol–water partition coefficient (Wildman–Crippen LogP) is 3.98. The summed E-state index contributed by atoms with van der Waals surface area (Å²) in [4.78, 5) is 24.6. The summed E-state index contributed by atoms with van der Waals surface area (Å²) in [7, 11) is 0. The van der Waals surface area contributed by atoms with Gasteiger partial charge in [-0.05, 0) is 50.3 Å². The third kappa shape index (κ3) is 2.84. The van der Waals surface area contributed by atoms with Gasteiger partial charge in [0.1, 0.15) is 5.78 Å². The Morgan fingerprint density at radius 3 is 2.57 bits per heavy atom. The molecule has 3 rings (SSSR count). The van der Waals surface area contributed by atoms with Gasteiger partial charge in [-0.2, -0.15) is 0 Å². The quantitative estimate of drug-likeness (QED) is 0.898. The SMILES string of the molecule is Cc1c(Cl)cccc1NC(=O)C1CC2CCCC(C1)C2=O. The topological polar surface area (TPSA) is 46.2 Å². The van der Waals surface area contributed by atoms with Crippen LogP contribution in [0.3, 0.4) is 0 Å². The van der Waals surface area contributed by atoms with E-state index in [1.807, 2.05) is 25.1 Å². The van der Waals surface area contributed by atoms with Crippen molar-refractivity contribution >= 4 is 29.0 Å². The molecule has 2 fully saturated rings. The average Bonchev–Trinajstić information content (AvgIpc) is 2.43. The molecule has 2 bridgehead atoms. The minimum absolute atomic E-state index is 0.0322. The summed E-state index contributed by atoms with van der Waals surface area (Å²) in [6.07, 6.45) is 4.45. The van der Waals surface area contributed by atoms with Crippen LogP contribution in [0.5, 0.6) is 0 Å². The van der Waals surface area contributed by atoms with E-state index >= 15 is 0 Å². The highest BCUT2D eigenvalue weighted by atomic mass is 35.5. The summed E-state index contributed by atoms with van der Waals surface area (Å²) < 4.78 is 0. The number of amides is 1. The lowest BCUT2D eigenvalue weighted by Crippen LogP contribution is -2.40. The van der Waals surface area contributed by atoms with E-state index in [1.54, 1.807) is 0 Å². The molecule has 2 aliphatic carbocycles. The molecule has 0 radical (unpaired) electrons. The largest absolute Gasteiger partial charge is 0.326 e. The molecule has 1 aromatic rings. The molecule has 21 heavy (non-hydrogen) atoms. The van der Waals surface area contributed by atoms with Crippen LogP contribution >= 0.6 is 11.6 Å². The standard InChI is InChI=1S/C17H20ClNO2/c1-10-14(18)6-3-7-15(10)19-17(21)13-8-11-4-2-5-12(9-13)16(11)20/h3,6-7,11-13H,2,4-5,8-9H2,1H3,(H,19,21). The minimum Gasteiger partial charge on any atom is -0.326 e. The van der Waals surface area contributed by atoms with Gasteiger partial charge >= 0.3 is 0 Å². The number of ketones is 1. The van der Waals surface area contributed by atoms with Crippen molar-refractivity contribution in [3.63, 3.8) is 0 Å². The van der Waals surface area contributed by atoms with Crippen LogP contribution in [0.15, 0.2) is 18.2 Å². The molecule has 0 heterocycles. The molecule has 4 heteroatoms. The molecule has 1 N–H and O–H groups in total. The molecule has 2 unspecified atom stereocenters. The van der Waals surface area contributed by atoms with Crippen LogP contribution < -0.4 is 5.32 Å². The second-order valence-corrected chi connectivity index (χ2v) is 6.70. The van der Waals surface area contributed by atoms with Crippen LogP contribution in [0.1, 0.15) is 37.7 Å². The van der Waals surface area contributed by atoms with Crippen molar-refractivity contribution in [1.82, 2.24) is 0 Å². The van der Waals surface area contributed by atoms with E-state index in [-0.39, 0.29) is 23.7 Å². The summed E-state index contributed by atoms with van der Waals surface area (Å²) in [5.41, 5.74) is 1.66. The molecule has 1 amide bonds. The van der Waals surface area contributed by atoms with Gasteiger partial charge in [-0.25, -0.2) is 0 Å². The number of nitrogens with one attached hydrogen (secondary N) is 1. The molecule has 0 aliphatic heterocycles. The zero-order valence-electron chi connectivity index (χ0n) is 12.2. The second-order valence-electron chi connectivity index (χ2n) is 6.30. The molecule has 3 nitrogen and oxygen atoms in total. The lowest BCUT2D eigenvalue weighted by atomic mass is 9.67. The van der Waals surface area contributed by atoms with Crippen LogP contribution in [-0.2, 0) is 9.59 Å². The Bertz CT molecular complexity index is 568. The fourth-order valence-electron chi connectivity index (χ4n) is 3.67. The van der Waals surface area contributed by atoms with Gasteiger partial charge < -0.3 is 5.32 Å². The highest BCUT2D eigenvalue weighted by Gasteiger charge is 2.41. The van der Waals surface area contributed by atoms with Gasteiger partial charge in [0.2, 0.25) is 5.91 Å². The number of anilines is 1. The van der Waals surface area contributed by atoms with Crippen molar-refractivity contribution in [2.24, 2.45) is 17.8 Å². The van der Waals surface area contributed by atoms with Crippen LogP contribution in [-0.4, -0.2) is 11.7 Å². The molecular formula is C17H20ClNO2. The van der Waals surface area contributed by atoms with Crippen molar-refractivity contribution in [1.29, 1.82) is 0 Å². The summed E-state index contributed by atoms with van der Waals surface area (Å²) in [6, 6.07) is 5.52. The monoisotopic (exact) mass is 305 g/mol. The molecule has 0 aromatic heterocycles. The van der Waals surface area contributed by atoms with E-state index in [9.17, 15) is 9.59 Å². The van der Waals surface area contributed by atoms with Gasteiger partial charge in [-0.3, -0.25) is 9.59 Å². The molecule has 112 valence electrons. The third-order valence-corrected chi connectivity index (χ3v) is 5.35. The second kappa shape index (κ2) is 5.80. The molecule has 0 spiro atoms. The summed E-state index contributed by atoms with van der Waals surface area (Å²) in [5.74, 6) is 0.591. The van der Waals surface area contributed by atoms with Crippen LogP contribution in [0, 0.1) is 24.7 Å². The molecule has 2 saturated carbocycles. The number of carbonyl (C=O) groups excluding carboxylic acids is 2. The van der Waals surface area contributed by atoms with E-state index in [4.69, 9.17) is 11.6 Å². The maximum atomic E-state index is 12.5. The number of rotatable bonds is 2. The lowest BCUT2D eigenvalue weighted by molar-refractivity contribution is -0.136. The summed E-state index contributed by atoms with van der Waals surface area (Å²) in [6.45, 7) is 1.90. The lowest BCUT2D eigenvalue weighted by Gasteiger charge is -2.37. The molecule has 2 atom stereocenters. The van der Waals surface area contributed by atoms with Gasteiger partial charge in [-0.15, -0.1) is 0 Å². The zero-order chi connectivity index (χ0) is 15.0. The van der Waals surface area contributed by atoms with Crippen molar-refractivity contribution < 1.29 is 9.59 Å². The van der Waals surface area contributed by atoms with Crippen LogP contribution in [0.2, 0.25) is 5.02 Å². The van der Waals surface area contributed by atoms with Crippen LogP contribution in [0.4, 0.5) is 5.69 Å². The summed E-state index contributed by atoms with van der Waals surface area (Å²) >= 11 is 6.08. The first-order valence-corrected chi connectivity index (χ1v) is 8.03. The Morgan fingerprint density at radius 2 is 1.90 bits per heavy atom. The van der Waals surface area contributed by atoms with Crippen molar-refractivity contribution in [2.45, 2.75) is 39.0 Å². The first kappa shape index (κ1) is 14.6. The van der Waals surface area contributed by atoms with E-state index in [1.165, 1.54) is 0 Å². The van der Waals surface area contributed by atoms with Crippen LogP contribution in [0.25, 0.3) is 0 Å². The number of carbonyl (C=O) groups is 2. The fraction of sp³-hybridized carbons (Fsp3) is 0.529. The van der Waals surface area contributed by atoms with Gasteiger partial charge in [0.05, 0.1) is 0 Å². The average molecular weight is 306 g/mol. The van der Waals surface area contributed by atoms with E-state index < -0.39 is 0 Å². The molecule has 1 aromatic carbocycles. The smallest absolute Gasteiger partial charge is 0.227 e. The van der Waals surface area contributed by atoms with E-state index in [0.29, 0.717) is 23.6 Å². The zero-order valence-corrected chi connectivity index (χ0v) is 13.0. The number of Topliss-reactive ketones (excluding diaryl/α,β-unsaturated/α-hetero) is 1. The number of fused-ring (bicyclic) bond motifs is 2. The normalized spacial score (nSPS) is 28.3. The van der Waals surface area contributed by atoms with Gasteiger partial charge in [0.15, 0.2) is 0 Å². The Kier molecular flexibility index (Phi) is 4.03. The Labute approximate surface area is 130 Å². The highest BCUT2D eigenvalue weighted by molar-refractivity contribution is 6.31. The van der Waals surface area contributed by atoms with E-state index in [2.05, 4.69) is 5.32 Å². The number of halogens is 1. The van der Waals surface area contributed by atoms with E-state index in [0.717, 1.165) is 30.5 Å². The number of hydrogen-bond donors (Lipinski definition) is 1. The third-order valence-electron chi connectivity index (χ3n) is 4.94. The Morgan fingerprint density at radius 1 is 1.24 bits per heavy atom. The molecular weight excluding hydrogens is 286 g/mol. The maximum Gasteiger partial charge on any atom is 0.227 e. The molecule has 0 saturated heterocycles. The first-order valence-electron chi connectivity index (χ1n) is 7.66. The first-order chi connectivity index (χ1) is 10.1. The van der Waals surface area contributed by atoms with Crippen molar-refractivity contribution in [2.75, 3.05) is 5.32 Å². The molecule has 2 aliphatic rings. The Balaban J connectivity index is 1.71. The maximum absolute atomic E-state index is 12.5. The minimum atomic E-state index is -0.0450. The van der Waals surface area contributed by atoms with Crippen molar-refractivity contribution in [3.05, 3.63) is 28.8 Å². The Hall–Kier alpha value is -1.35. The fourth-order valence-corrected chi connectivity index (χ4v) is 3.85. The van der Waals surface area contributed by atoms with Gasteiger partial charge in [0.25, 0.3) is 0 Å². The predicted molar refractivity (Wildman–Crippen MR) is 83.4 cm³/mol. The number of benzene rings is 1. The highest BCUT2D eigenvalue weighted by Crippen LogP contribution is 2.40. The van der Waals surface area contributed by atoms with Crippen molar-refractivity contribution in [3.8, 4) is 0 Å². The summed E-state index contributed by atoms with van der Waals surface area (Å²) in [5, 5.41) is 3.65. The van der Waals surface area contributed by atoms with Gasteiger partial charge in [0, 0.05) is 28.5 Å². The van der Waals surface area contributed by atoms with Gasteiger partial charge in [-0.1, -0.05) is 24.1 Å².